The van der Waals surface area contributed by atoms with Gasteiger partial charge in [0.15, 0.2) is 6.23 Å². The number of rotatable bonds is 5. The van der Waals surface area contributed by atoms with Crippen molar-refractivity contribution in [3.8, 4) is 11.8 Å². The predicted molar refractivity (Wildman–Crippen MR) is 110 cm³/mol. The molecule has 2 aromatic rings. The van der Waals surface area contributed by atoms with Crippen molar-refractivity contribution in [1.29, 1.82) is 5.26 Å². The fourth-order valence-corrected chi connectivity index (χ4v) is 3.62. The lowest BCUT2D eigenvalue weighted by atomic mass is 10.1. The summed E-state index contributed by atoms with van der Waals surface area (Å²) >= 11 is 0. The Morgan fingerprint density at radius 1 is 1.13 bits per heavy atom. The molecule has 0 radical (unpaired) electrons. The summed E-state index contributed by atoms with van der Waals surface area (Å²) in [4.78, 5) is 13.2. The van der Waals surface area contributed by atoms with Crippen LogP contribution < -0.4 is 4.18 Å². The van der Waals surface area contributed by atoms with Gasteiger partial charge in [0.05, 0.1) is 11.4 Å². The summed E-state index contributed by atoms with van der Waals surface area (Å²) in [5.41, 5.74) is 0.519. The Bertz CT molecular complexity index is 1240. The van der Waals surface area contributed by atoms with Crippen molar-refractivity contribution >= 4 is 21.7 Å². The zero-order chi connectivity index (χ0) is 22.6. The SMILES string of the molecule is CC1=C(C#N)C(=O)N(C)C(O)C=C1/N=N/c1cccc(OS(=O)(=O)c2ccccc2)c1. The molecule has 1 atom stereocenters. The number of carbonyl (C=O) groups excluding carboxylic acids is 1. The van der Waals surface area contributed by atoms with Crippen molar-refractivity contribution < 1.29 is 22.5 Å². The van der Waals surface area contributed by atoms with Crippen LogP contribution in [0.5, 0.6) is 5.75 Å². The highest BCUT2D eigenvalue weighted by atomic mass is 32.2. The van der Waals surface area contributed by atoms with Crippen LogP contribution in [-0.2, 0) is 14.9 Å². The minimum absolute atomic E-state index is 0.0122. The van der Waals surface area contributed by atoms with Gasteiger partial charge in [-0.2, -0.15) is 23.9 Å². The third kappa shape index (κ3) is 4.85. The number of aliphatic hydroxyl groups excluding tert-OH is 1. The first kappa shape index (κ1) is 21.9. The monoisotopic (exact) mass is 438 g/mol. The molecule has 158 valence electrons. The van der Waals surface area contributed by atoms with E-state index in [1.807, 2.05) is 6.07 Å². The molecule has 1 N–H and O–H groups in total. The molecular formula is C21H18N4O5S. The first-order valence-corrected chi connectivity index (χ1v) is 10.4. The van der Waals surface area contributed by atoms with Gasteiger partial charge in [-0.05, 0) is 42.8 Å². The zero-order valence-corrected chi connectivity index (χ0v) is 17.4. The van der Waals surface area contributed by atoms with Gasteiger partial charge < -0.3 is 14.2 Å². The minimum atomic E-state index is -4.01. The Hall–Kier alpha value is -3.81. The van der Waals surface area contributed by atoms with Crippen LogP contribution in [0, 0.1) is 11.3 Å². The van der Waals surface area contributed by atoms with Gasteiger partial charge in [0.2, 0.25) is 0 Å². The fourth-order valence-electron chi connectivity index (χ4n) is 2.67. The lowest BCUT2D eigenvalue weighted by Gasteiger charge is -2.18. The molecule has 1 aliphatic heterocycles. The first-order valence-electron chi connectivity index (χ1n) is 9.02. The Labute approximate surface area is 179 Å². The summed E-state index contributed by atoms with van der Waals surface area (Å²) in [6.45, 7) is 1.53. The number of amides is 1. The molecule has 0 fully saturated rings. The summed E-state index contributed by atoms with van der Waals surface area (Å²) in [5.74, 6) is -0.592. The van der Waals surface area contributed by atoms with E-state index in [2.05, 4.69) is 10.2 Å². The summed E-state index contributed by atoms with van der Waals surface area (Å²) < 4.78 is 29.9. The second kappa shape index (κ2) is 8.91. The van der Waals surface area contributed by atoms with E-state index in [1.54, 1.807) is 30.3 Å². The van der Waals surface area contributed by atoms with E-state index in [4.69, 9.17) is 4.18 Å². The number of hydrogen-bond acceptors (Lipinski definition) is 8. The molecule has 1 unspecified atom stereocenters. The second-order valence-electron chi connectivity index (χ2n) is 6.54. The van der Waals surface area contributed by atoms with Gasteiger partial charge in [0.25, 0.3) is 5.91 Å². The number of nitrogens with zero attached hydrogens (tertiary/aromatic N) is 4. The average molecular weight is 438 g/mol. The minimum Gasteiger partial charge on any atom is -0.379 e. The van der Waals surface area contributed by atoms with Crippen LogP contribution >= 0.6 is 0 Å². The maximum Gasteiger partial charge on any atom is 0.339 e. The predicted octanol–water partition coefficient (Wildman–Crippen LogP) is 3.05. The molecule has 0 saturated carbocycles. The van der Waals surface area contributed by atoms with E-state index in [-0.39, 0.29) is 33.2 Å². The lowest BCUT2D eigenvalue weighted by molar-refractivity contribution is -0.131. The quantitative estimate of drug-likeness (QED) is 0.563. The van der Waals surface area contributed by atoms with E-state index in [1.165, 1.54) is 44.3 Å². The Balaban J connectivity index is 1.88. The highest BCUT2D eigenvalue weighted by molar-refractivity contribution is 7.87. The number of hydrogen-bond donors (Lipinski definition) is 1. The van der Waals surface area contributed by atoms with Crippen molar-refractivity contribution in [1.82, 2.24) is 4.90 Å². The van der Waals surface area contributed by atoms with Crippen LogP contribution in [0.3, 0.4) is 0 Å². The smallest absolute Gasteiger partial charge is 0.339 e. The molecular weight excluding hydrogens is 420 g/mol. The van der Waals surface area contributed by atoms with Gasteiger partial charge in [-0.25, -0.2) is 0 Å². The largest absolute Gasteiger partial charge is 0.379 e. The standard InChI is InChI=1S/C21H18N4O5S/c1-14-18(13-22)21(27)25(2)20(26)12-19(14)24-23-15-7-6-8-16(11-15)30-31(28,29)17-9-4-3-5-10-17/h3-12,20,26H,1-2H3/b24-23+. The van der Waals surface area contributed by atoms with Crippen molar-refractivity contribution in [3.05, 3.63) is 77.5 Å². The third-order valence-electron chi connectivity index (χ3n) is 4.44. The van der Waals surface area contributed by atoms with Gasteiger partial charge in [0.1, 0.15) is 22.3 Å². The number of nitriles is 1. The number of aliphatic hydroxyl groups is 1. The second-order valence-corrected chi connectivity index (χ2v) is 8.09. The number of likely N-dealkylation sites (N-methyl/N-ethyl adjacent to an activating group) is 1. The van der Waals surface area contributed by atoms with Gasteiger partial charge in [-0.15, -0.1) is 0 Å². The van der Waals surface area contributed by atoms with Crippen molar-refractivity contribution in [3.63, 3.8) is 0 Å². The molecule has 1 aliphatic rings. The van der Waals surface area contributed by atoms with Crippen molar-refractivity contribution in [2.45, 2.75) is 18.0 Å². The van der Waals surface area contributed by atoms with Gasteiger partial charge in [0, 0.05) is 13.1 Å². The van der Waals surface area contributed by atoms with E-state index < -0.39 is 22.3 Å². The van der Waals surface area contributed by atoms with Crippen LogP contribution in [0.4, 0.5) is 5.69 Å². The maximum atomic E-state index is 12.4. The van der Waals surface area contributed by atoms with E-state index in [9.17, 15) is 23.6 Å². The van der Waals surface area contributed by atoms with Gasteiger partial charge >= 0.3 is 10.1 Å². The highest BCUT2D eigenvalue weighted by Gasteiger charge is 2.27. The number of azo groups is 1. The molecule has 0 aromatic heterocycles. The summed E-state index contributed by atoms with van der Waals surface area (Å²) in [6, 6.07) is 15.5. The molecule has 0 saturated heterocycles. The first-order chi connectivity index (χ1) is 14.7. The Morgan fingerprint density at radius 2 is 1.84 bits per heavy atom. The molecule has 31 heavy (non-hydrogen) atoms. The summed E-state index contributed by atoms with van der Waals surface area (Å²) in [6.07, 6.45) is 0.00862. The molecule has 10 heteroatoms. The summed E-state index contributed by atoms with van der Waals surface area (Å²) in [7, 11) is -2.65. The molecule has 2 aromatic carbocycles. The molecule has 3 rings (SSSR count). The van der Waals surface area contributed by atoms with Crippen LogP contribution in [0.2, 0.25) is 0 Å². The topological polar surface area (TPSA) is 132 Å². The normalized spacial score (nSPS) is 17.4. The van der Waals surface area contributed by atoms with Gasteiger partial charge in [-0.3, -0.25) is 4.79 Å². The van der Waals surface area contributed by atoms with Crippen LogP contribution in [0.15, 0.2) is 92.6 Å². The van der Waals surface area contributed by atoms with Crippen molar-refractivity contribution in [2.24, 2.45) is 10.2 Å². The number of carbonyl (C=O) groups is 1. The Morgan fingerprint density at radius 3 is 2.52 bits per heavy atom. The Kier molecular flexibility index (Phi) is 6.29. The van der Waals surface area contributed by atoms with Gasteiger partial charge in [-0.1, -0.05) is 24.3 Å². The fraction of sp³-hybridized carbons (Fsp3) is 0.143. The van der Waals surface area contributed by atoms with Crippen LogP contribution in [0.25, 0.3) is 0 Å². The molecule has 1 heterocycles. The molecule has 1 amide bonds. The average Bonchev–Trinajstić information content (AvgIpc) is 2.83. The molecule has 0 bridgehead atoms. The number of allylic oxidation sites excluding steroid dienone is 1. The summed E-state index contributed by atoms with van der Waals surface area (Å²) in [5, 5.41) is 27.5. The highest BCUT2D eigenvalue weighted by Crippen LogP contribution is 2.27. The number of benzene rings is 2. The van der Waals surface area contributed by atoms with Crippen LogP contribution in [0.1, 0.15) is 6.92 Å². The van der Waals surface area contributed by atoms with Crippen LogP contribution in [-0.4, -0.2) is 37.6 Å². The molecule has 9 nitrogen and oxygen atoms in total. The van der Waals surface area contributed by atoms with Crippen molar-refractivity contribution in [2.75, 3.05) is 7.05 Å². The third-order valence-corrected chi connectivity index (χ3v) is 5.70. The van der Waals surface area contributed by atoms with E-state index >= 15 is 0 Å². The van der Waals surface area contributed by atoms with E-state index in [0.29, 0.717) is 0 Å². The van der Waals surface area contributed by atoms with E-state index in [0.717, 1.165) is 4.90 Å². The maximum absolute atomic E-state index is 12.4. The molecule has 0 spiro atoms. The lowest BCUT2D eigenvalue weighted by Crippen LogP contribution is -2.35. The zero-order valence-electron chi connectivity index (χ0n) is 16.6. The molecule has 0 aliphatic carbocycles.